The number of benzene rings is 8. The summed E-state index contributed by atoms with van der Waals surface area (Å²) in [5.41, 5.74) is 13.0. The Morgan fingerprint density at radius 3 is 1.65 bits per heavy atom. The molecular formula is C52H31N3O2. The van der Waals surface area contributed by atoms with E-state index in [4.69, 9.17) is 18.8 Å². The van der Waals surface area contributed by atoms with Crippen LogP contribution < -0.4 is 0 Å². The fourth-order valence-electron chi connectivity index (χ4n) is 8.64. The van der Waals surface area contributed by atoms with Crippen LogP contribution >= 0.6 is 0 Å². The van der Waals surface area contributed by atoms with Gasteiger partial charge in [-0.2, -0.15) is 0 Å². The zero-order valence-electron chi connectivity index (χ0n) is 30.6. The van der Waals surface area contributed by atoms with Crippen LogP contribution in [0.25, 0.3) is 116 Å². The van der Waals surface area contributed by atoms with Crippen LogP contribution in [-0.2, 0) is 0 Å². The van der Waals surface area contributed by atoms with Crippen LogP contribution in [0.4, 0.5) is 0 Å². The maximum atomic E-state index is 7.26. The average Bonchev–Trinajstić information content (AvgIpc) is 3.96. The lowest BCUT2D eigenvalue weighted by molar-refractivity contribution is 0.667. The molecule has 0 aliphatic carbocycles. The number of furan rings is 2. The molecule has 12 aromatic rings. The fourth-order valence-corrected chi connectivity index (χ4v) is 8.64. The zero-order chi connectivity index (χ0) is 37.5. The van der Waals surface area contributed by atoms with Crippen LogP contribution in [0.2, 0.25) is 0 Å². The highest BCUT2D eigenvalue weighted by Gasteiger charge is 2.24. The molecule has 0 aliphatic rings. The Morgan fingerprint density at radius 2 is 0.947 bits per heavy atom. The molecule has 12 rings (SSSR count). The molecule has 0 N–H and O–H groups in total. The highest BCUT2D eigenvalue weighted by atomic mass is 16.3. The van der Waals surface area contributed by atoms with Crippen LogP contribution in [0, 0.1) is 0 Å². The van der Waals surface area contributed by atoms with Gasteiger partial charge in [0.15, 0.2) is 11.4 Å². The standard InChI is InChI=1S/C52H31N3O2/c1-3-14-32(15-4-1)42-31-43(33-16-5-2-6-17-33)54-52(53-42)40-28-27-39-38-21-13-24-46(55-44-22-10-7-18-35(44)36-19-8-11-23-45(36)55)50(38)57-51(39)49(40)34-26-29-48-41(30-34)37-20-9-12-25-47(37)56-48/h1-31H. The van der Waals surface area contributed by atoms with E-state index in [1.54, 1.807) is 0 Å². The highest BCUT2D eigenvalue weighted by molar-refractivity contribution is 6.17. The number of rotatable bonds is 5. The van der Waals surface area contributed by atoms with Gasteiger partial charge in [0.2, 0.25) is 0 Å². The first-order chi connectivity index (χ1) is 28.3. The number of hydrogen-bond acceptors (Lipinski definition) is 4. The number of hydrogen-bond donors (Lipinski definition) is 0. The topological polar surface area (TPSA) is 57.0 Å². The Labute approximate surface area is 326 Å². The predicted octanol–water partition coefficient (Wildman–Crippen LogP) is 14.0. The van der Waals surface area contributed by atoms with E-state index in [9.17, 15) is 0 Å². The van der Waals surface area contributed by atoms with E-state index in [1.165, 1.54) is 10.8 Å². The van der Waals surface area contributed by atoms with Gasteiger partial charge in [0.25, 0.3) is 0 Å². The summed E-state index contributed by atoms with van der Waals surface area (Å²) in [4.78, 5) is 10.6. The Hall–Kier alpha value is -7.76. The molecular weight excluding hydrogens is 699 g/mol. The molecule has 0 spiro atoms. The first-order valence-corrected chi connectivity index (χ1v) is 19.2. The molecule has 8 aromatic carbocycles. The molecule has 0 fully saturated rings. The highest BCUT2D eigenvalue weighted by Crippen LogP contribution is 2.45. The van der Waals surface area contributed by atoms with Crippen molar-refractivity contribution in [3.63, 3.8) is 0 Å². The van der Waals surface area contributed by atoms with Gasteiger partial charge in [-0.15, -0.1) is 0 Å². The van der Waals surface area contributed by atoms with Gasteiger partial charge < -0.3 is 13.4 Å². The van der Waals surface area contributed by atoms with Crippen molar-refractivity contribution >= 4 is 65.7 Å². The zero-order valence-corrected chi connectivity index (χ0v) is 30.6. The maximum Gasteiger partial charge on any atom is 0.161 e. The van der Waals surface area contributed by atoms with Crippen molar-refractivity contribution in [2.45, 2.75) is 0 Å². The number of nitrogens with zero attached hydrogens (tertiary/aromatic N) is 3. The molecule has 4 aromatic heterocycles. The molecule has 4 heterocycles. The molecule has 0 saturated carbocycles. The number of fused-ring (bicyclic) bond motifs is 9. The van der Waals surface area contributed by atoms with Crippen LogP contribution in [0.1, 0.15) is 0 Å². The van der Waals surface area contributed by atoms with Gasteiger partial charge in [0.1, 0.15) is 16.7 Å². The molecule has 0 saturated heterocycles. The predicted molar refractivity (Wildman–Crippen MR) is 233 cm³/mol. The Kier molecular flexibility index (Phi) is 6.86. The third-order valence-electron chi connectivity index (χ3n) is 11.2. The van der Waals surface area contributed by atoms with Crippen molar-refractivity contribution in [2.24, 2.45) is 0 Å². The monoisotopic (exact) mass is 729 g/mol. The van der Waals surface area contributed by atoms with E-state index in [0.717, 1.165) is 99.8 Å². The second kappa shape index (κ2) is 12.4. The number of aromatic nitrogens is 3. The lowest BCUT2D eigenvalue weighted by Crippen LogP contribution is -1.97. The quantitative estimate of drug-likeness (QED) is 0.177. The third-order valence-corrected chi connectivity index (χ3v) is 11.2. The maximum absolute atomic E-state index is 7.26. The summed E-state index contributed by atoms with van der Waals surface area (Å²) in [5, 5.41) is 6.57. The van der Waals surface area contributed by atoms with E-state index in [1.807, 2.05) is 48.5 Å². The Morgan fingerprint density at radius 1 is 0.368 bits per heavy atom. The van der Waals surface area contributed by atoms with Crippen molar-refractivity contribution < 1.29 is 8.83 Å². The Balaban J connectivity index is 1.18. The minimum absolute atomic E-state index is 0.618. The van der Waals surface area contributed by atoms with Gasteiger partial charge in [-0.3, -0.25) is 0 Å². The average molecular weight is 730 g/mol. The third kappa shape index (κ3) is 4.89. The molecule has 0 radical (unpaired) electrons. The summed E-state index contributed by atoms with van der Waals surface area (Å²) in [6.45, 7) is 0. The lowest BCUT2D eigenvalue weighted by Gasteiger charge is -2.13. The van der Waals surface area contributed by atoms with Crippen LogP contribution in [0.5, 0.6) is 0 Å². The first kappa shape index (κ1) is 31.6. The van der Waals surface area contributed by atoms with Crippen LogP contribution in [0.3, 0.4) is 0 Å². The largest absolute Gasteiger partial charge is 0.456 e. The van der Waals surface area contributed by atoms with Crippen molar-refractivity contribution in [3.05, 3.63) is 188 Å². The summed E-state index contributed by atoms with van der Waals surface area (Å²) in [7, 11) is 0. The molecule has 0 unspecified atom stereocenters. The van der Waals surface area contributed by atoms with E-state index in [0.29, 0.717) is 5.82 Å². The van der Waals surface area contributed by atoms with E-state index < -0.39 is 0 Å². The molecule has 266 valence electrons. The number of para-hydroxylation sites is 4. The van der Waals surface area contributed by atoms with Gasteiger partial charge in [0.05, 0.1) is 28.1 Å². The van der Waals surface area contributed by atoms with E-state index >= 15 is 0 Å². The lowest BCUT2D eigenvalue weighted by atomic mass is 9.94. The molecule has 0 aliphatic heterocycles. The SMILES string of the molecule is c1ccc(-c2cc(-c3ccccc3)nc(-c3ccc4c(oc5c(-n6c7ccccc7c7ccccc76)cccc54)c3-c3ccc4oc5ccccc5c4c3)n2)cc1. The van der Waals surface area contributed by atoms with Gasteiger partial charge >= 0.3 is 0 Å². The minimum atomic E-state index is 0.618. The van der Waals surface area contributed by atoms with E-state index in [2.05, 4.69) is 144 Å². The van der Waals surface area contributed by atoms with Crippen molar-refractivity contribution in [2.75, 3.05) is 0 Å². The molecule has 57 heavy (non-hydrogen) atoms. The van der Waals surface area contributed by atoms with E-state index in [-0.39, 0.29) is 0 Å². The first-order valence-electron chi connectivity index (χ1n) is 19.2. The van der Waals surface area contributed by atoms with Crippen molar-refractivity contribution in [1.82, 2.24) is 14.5 Å². The molecule has 5 nitrogen and oxygen atoms in total. The Bertz CT molecular complexity index is 3410. The van der Waals surface area contributed by atoms with Gasteiger partial charge in [-0.1, -0.05) is 133 Å². The summed E-state index contributed by atoms with van der Waals surface area (Å²) >= 11 is 0. The van der Waals surface area contributed by atoms with Gasteiger partial charge in [0, 0.05) is 54.6 Å². The normalized spacial score (nSPS) is 11.9. The molecule has 5 heteroatoms. The van der Waals surface area contributed by atoms with Crippen LogP contribution in [0.15, 0.2) is 197 Å². The van der Waals surface area contributed by atoms with Crippen LogP contribution in [-0.4, -0.2) is 14.5 Å². The minimum Gasteiger partial charge on any atom is -0.456 e. The molecule has 0 atom stereocenters. The van der Waals surface area contributed by atoms with Crippen molar-refractivity contribution in [1.29, 1.82) is 0 Å². The molecule has 0 amide bonds. The fraction of sp³-hybridized carbons (Fsp3) is 0. The molecule has 0 bridgehead atoms. The summed E-state index contributed by atoms with van der Waals surface area (Å²) in [6.07, 6.45) is 0. The summed E-state index contributed by atoms with van der Waals surface area (Å²) in [5.74, 6) is 0.618. The van der Waals surface area contributed by atoms with Crippen molar-refractivity contribution in [3.8, 4) is 50.7 Å². The second-order valence-corrected chi connectivity index (χ2v) is 14.5. The second-order valence-electron chi connectivity index (χ2n) is 14.5. The summed E-state index contributed by atoms with van der Waals surface area (Å²) < 4.78 is 15.9. The summed E-state index contributed by atoms with van der Waals surface area (Å²) in [6, 6.07) is 65.3. The van der Waals surface area contributed by atoms with Gasteiger partial charge in [-0.25, -0.2) is 9.97 Å². The smallest absolute Gasteiger partial charge is 0.161 e. The van der Waals surface area contributed by atoms with Gasteiger partial charge in [-0.05, 0) is 60.2 Å².